The van der Waals surface area contributed by atoms with E-state index in [1.54, 1.807) is 17.0 Å². The summed E-state index contributed by atoms with van der Waals surface area (Å²) < 4.78 is 25.6. The van der Waals surface area contributed by atoms with E-state index >= 15 is 0 Å². The van der Waals surface area contributed by atoms with Gasteiger partial charge in [-0.2, -0.15) is 0 Å². The van der Waals surface area contributed by atoms with Crippen molar-refractivity contribution in [2.45, 2.75) is 29.9 Å². The van der Waals surface area contributed by atoms with Crippen molar-refractivity contribution in [1.82, 2.24) is 0 Å². The highest BCUT2D eigenvalue weighted by Crippen LogP contribution is 2.30. The smallest absolute Gasteiger partial charge is 0.245 e. The summed E-state index contributed by atoms with van der Waals surface area (Å²) in [7, 11) is -3.84. The van der Waals surface area contributed by atoms with Crippen LogP contribution in [0.15, 0.2) is 53.4 Å². The number of sulfone groups is 1. The Morgan fingerprint density at radius 3 is 2.54 bits per heavy atom. The second-order valence-electron chi connectivity index (χ2n) is 5.84. The van der Waals surface area contributed by atoms with Gasteiger partial charge in [-0.15, -0.1) is 0 Å². The van der Waals surface area contributed by atoms with E-state index in [2.05, 4.69) is 0 Å². The molecule has 24 heavy (non-hydrogen) atoms. The minimum absolute atomic E-state index is 0.00203. The van der Waals surface area contributed by atoms with Crippen molar-refractivity contribution in [3.05, 3.63) is 59.1 Å². The molecule has 1 unspecified atom stereocenters. The molecular formula is C18H18ClNO3S. The molecule has 126 valence electrons. The monoisotopic (exact) mass is 363 g/mol. The molecule has 1 aliphatic rings. The average molecular weight is 364 g/mol. The number of amides is 1. The Balaban J connectivity index is 1.95. The Labute approximate surface area is 147 Å². The minimum Gasteiger partial charge on any atom is -0.311 e. The number of halogens is 1. The third-order valence-electron chi connectivity index (χ3n) is 4.33. The van der Waals surface area contributed by atoms with Crippen molar-refractivity contribution in [2.75, 3.05) is 11.4 Å². The number of fused-ring (bicyclic) bond motifs is 1. The number of rotatable bonds is 3. The Morgan fingerprint density at radius 2 is 1.79 bits per heavy atom. The van der Waals surface area contributed by atoms with E-state index < -0.39 is 21.0 Å². The fourth-order valence-corrected chi connectivity index (χ4v) is 4.82. The van der Waals surface area contributed by atoms with E-state index in [0.717, 1.165) is 24.1 Å². The molecule has 0 fully saturated rings. The number of hydrogen-bond acceptors (Lipinski definition) is 3. The third-order valence-corrected chi connectivity index (χ3v) is 6.88. The van der Waals surface area contributed by atoms with Crippen molar-refractivity contribution >= 4 is 33.0 Å². The summed E-state index contributed by atoms with van der Waals surface area (Å²) in [6, 6.07) is 13.8. The highest BCUT2D eigenvalue weighted by atomic mass is 35.5. The normalized spacial score (nSPS) is 15.7. The molecule has 0 aliphatic carbocycles. The lowest BCUT2D eigenvalue weighted by Gasteiger charge is -2.31. The lowest BCUT2D eigenvalue weighted by atomic mass is 10.0. The van der Waals surface area contributed by atoms with Gasteiger partial charge in [0, 0.05) is 12.2 Å². The summed E-state index contributed by atoms with van der Waals surface area (Å²) in [5.41, 5.74) is 1.87. The first-order chi connectivity index (χ1) is 11.4. The topological polar surface area (TPSA) is 54.5 Å². The molecule has 1 aliphatic heterocycles. The number of nitrogens with zero attached hydrogens (tertiary/aromatic N) is 1. The average Bonchev–Trinajstić information content (AvgIpc) is 2.60. The van der Waals surface area contributed by atoms with Crippen LogP contribution in [0, 0.1) is 0 Å². The van der Waals surface area contributed by atoms with Crippen molar-refractivity contribution in [2.24, 2.45) is 0 Å². The number of benzene rings is 2. The van der Waals surface area contributed by atoms with Crippen LogP contribution in [0.2, 0.25) is 5.02 Å². The van der Waals surface area contributed by atoms with E-state index in [4.69, 9.17) is 11.6 Å². The number of para-hydroxylation sites is 1. The van der Waals surface area contributed by atoms with Gasteiger partial charge in [-0.3, -0.25) is 4.79 Å². The maximum absolute atomic E-state index is 12.9. The van der Waals surface area contributed by atoms with Crippen LogP contribution in [0.1, 0.15) is 18.9 Å². The lowest BCUT2D eigenvalue weighted by Crippen LogP contribution is -2.44. The molecule has 0 spiro atoms. The molecule has 2 aromatic carbocycles. The van der Waals surface area contributed by atoms with Crippen LogP contribution in [0.4, 0.5) is 5.69 Å². The van der Waals surface area contributed by atoms with Gasteiger partial charge in [0.05, 0.1) is 9.92 Å². The quantitative estimate of drug-likeness (QED) is 0.838. The fourth-order valence-electron chi connectivity index (χ4n) is 2.98. The second kappa shape index (κ2) is 6.57. The molecule has 1 atom stereocenters. The Bertz CT molecular complexity index is 879. The van der Waals surface area contributed by atoms with Crippen LogP contribution in [0.3, 0.4) is 0 Å². The summed E-state index contributed by atoms with van der Waals surface area (Å²) in [5, 5.41) is -1.06. The van der Waals surface area contributed by atoms with Gasteiger partial charge in [0.1, 0.15) is 5.25 Å². The number of carbonyl (C=O) groups excluding carboxylic acids is 1. The zero-order valence-electron chi connectivity index (χ0n) is 13.3. The van der Waals surface area contributed by atoms with Crippen LogP contribution < -0.4 is 4.90 Å². The van der Waals surface area contributed by atoms with E-state index in [1.165, 1.54) is 19.1 Å². The highest BCUT2D eigenvalue weighted by Gasteiger charge is 2.35. The highest BCUT2D eigenvalue weighted by molar-refractivity contribution is 7.93. The number of hydrogen-bond donors (Lipinski definition) is 0. The van der Waals surface area contributed by atoms with Crippen LogP contribution >= 0.6 is 11.6 Å². The first-order valence-corrected chi connectivity index (χ1v) is 9.73. The Hall–Kier alpha value is -1.85. The van der Waals surface area contributed by atoms with Crippen LogP contribution in [-0.4, -0.2) is 26.1 Å². The molecule has 1 heterocycles. The molecule has 0 N–H and O–H groups in total. The van der Waals surface area contributed by atoms with E-state index in [1.807, 2.05) is 24.3 Å². The number of anilines is 1. The van der Waals surface area contributed by atoms with Gasteiger partial charge in [-0.05, 0) is 43.5 Å². The SMILES string of the molecule is CC(C(=O)N1CCCc2ccccc21)S(=O)(=O)c1ccccc1Cl. The standard InChI is InChI=1S/C18H18ClNO3S/c1-13(24(22,23)17-11-5-3-9-15(17)19)18(21)20-12-6-8-14-7-2-4-10-16(14)20/h2-5,7,9-11,13H,6,8,12H2,1H3. The van der Waals surface area contributed by atoms with Gasteiger partial charge < -0.3 is 4.90 Å². The van der Waals surface area contributed by atoms with Crippen LogP contribution in [-0.2, 0) is 21.1 Å². The molecule has 0 bridgehead atoms. The Morgan fingerprint density at radius 1 is 1.12 bits per heavy atom. The Kier molecular flexibility index (Phi) is 4.65. The van der Waals surface area contributed by atoms with Gasteiger partial charge in [0.25, 0.3) is 0 Å². The molecule has 2 aromatic rings. The predicted octanol–water partition coefficient (Wildman–Crippen LogP) is 3.48. The van der Waals surface area contributed by atoms with Crippen molar-refractivity contribution < 1.29 is 13.2 Å². The first-order valence-electron chi connectivity index (χ1n) is 7.80. The van der Waals surface area contributed by atoms with Crippen LogP contribution in [0.5, 0.6) is 0 Å². The summed E-state index contributed by atoms with van der Waals surface area (Å²) in [4.78, 5) is 14.5. The molecule has 4 nitrogen and oxygen atoms in total. The van der Waals surface area contributed by atoms with Crippen LogP contribution in [0.25, 0.3) is 0 Å². The summed E-state index contributed by atoms with van der Waals surface area (Å²) in [6.45, 7) is 1.95. The molecule has 0 radical (unpaired) electrons. The largest absolute Gasteiger partial charge is 0.311 e. The van der Waals surface area contributed by atoms with Gasteiger partial charge >= 0.3 is 0 Å². The summed E-state index contributed by atoms with van der Waals surface area (Å²) in [6.07, 6.45) is 1.72. The zero-order chi connectivity index (χ0) is 17.3. The summed E-state index contributed by atoms with van der Waals surface area (Å²) in [5.74, 6) is -0.415. The molecule has 0 aromatic heterocycles. The van der Waals surface area contributed by atoms with E-state index in [0.29, 0.717) is 6.54 Å². The molecule has 1 amide bonds. The first kappa shape index (κ1) is 17.0. The zero-order valence-corrected chi connectivity index (χ0v) is 14.8. The van der Waals surface area contributed by atoms with Gasteiger partial charge in [-0.1, -0.05) is 41.9 Å². The number of carbonyl (C=O) groups is 1. The maximum atomic E-state index is 12.9. The molecule has 0 saturated carbocycles. The van der Waals surface area contributed by atoms with Crippen molar-refractivity contribution in [3.8, 4) is 0 Å². The molecule has 0 saturated heterocycles. The van der Waals surface area contributed by atoms with E-state index in [-0.39, 0.29) is 9.92 Å². The lowest BCUT2D eigenvalue weighted by molar-refractivity contribution is -0.118. The van der Waals surface area contributed by atoms with Gasteiger partial charge in [0.2, 0.25) is 5.91 Å². The maximum Gasteiger partial charge on any atom is 0.245 e. The number of aryl methyl sites for hydroxylation is 1. The molecule has 6 heteroatoms. The van der Waals surface area contributed by atoms with Crippen molar-refractivity contribution in [1.29, 1.82) is 0 Å². The predicted molar refractivity (Wildman–Crippen MR) is 95.2 cm³/mol. The molecular weight excluding hydrogens is 346 g/mol. The van der Waals surface area contributed by atoms with Crippen molar-refractivity contribution in [3.63, 3.8) is 0 Å². The van der Waals surface area contributed by atoms with Gasteiger partial charge in [-0.25, -0.2) is 8.42 Å². The van der Waals surface area contributed by atoms with Gasteiger partial charge in [0.15, 0.2) is 9.84 Å². The minimum atomic E-state index is -3.84. The summed E-state index contributed by atoms with van der Waals surface area (Å²) >= 11 is 6.02. The second-order valence-corrected chi connectivity index (χ2v) is 8.48. The fraction of sp³-hybridized carbons (Fsp3) is 0.278. The van der Waals surface area contributed by atoms with E-state index in [9.17, 15) is 13.2 Å². The molecule has 3 rings (SSSR count). The third kappa shape index (κ3) is 2.94.